The van der Waals surface area contributed by atoms with Gasteiger partial charge in [0.2, 0.25) is 0 Å². The molecular weight excluding hydrogens is 326 g/mol. The topological polar surface area (TPSA) is 75.6 Å². The molecule has 0 fully saturated rings. The number of sulfone groups is 1. The second-order valence-corrected chi connectivity index (χ2v) is 7.76. The summed E-state index contributed by atoms with van der Waals surface area (Å²) in [6.45, 7) is 3.67. The molecule has 0 bridgehead atoms. The van der Waals surface area contributed by atoms with E-state index in [9.17, 15) is 13.5 Å². The third kappa shape index (κ3) is 3.16. The van der Waals surface area contributed by atoms with Crippen molar-refractivity contribution in [2.24, 2.45) is 0 Å². The normalized spacial score (nSPS) is 13.5. The van der Waals surface area contributed by atoms with Gasteiger partial charge >= 0.3 is 0 Å². The van der Waals surface area contributed by atoms with E-state index in [1.807, 2.05) is 12.1 Å². The number of anilines is 1. The molecule has 0 aromatic heterocycles. The largest absolute Gasteiger partial charge is 0.495 e. The summed E-state index contributed by atoms with van der Waals surface area (Å²) in [5.41, 5.74) is 4.16. The zero-order valence-electron chi connectivity index (χ0n) is 13.4. The molecule has 1 aliphatic rings. The van der Waals surface area contributed by atoms with Crippen LogP contribution in [0.25, 0.3) is 0 Å². The lowest BCUT2D eigenvalue weighted by atomic mass is 10.1. The van der Waals surface area contributed by atoms with E-state index in [1.54, 1.807) is 18.2 Å². The number of aliphatic hydroxyl groups is 1. The van der Waals surface area contributed by atoms with Crippen molar-refractivity contribution in [3.63, 3.8) is 0 Å². The maximum Gasteiger partial charge on any atom is 0.186 e. The van der Waals surface area contributed by atoms with E-state index in [0.29, 0.717) is 17.5 Å². The Bertz CT molecular complexity index is 903. The summed E-state index contributed by atoms with van der Waals surface area (Å²) in [6, 6.07) is 10.2. The molecule has 2 aromatic rings. The van der Waals surface area contributed by atoms with Gasteiger partial charge in [0.15, 0.2) is 9.84 Å². The minimum Gasteiger partial charge on any atom is -0.495 e. The second kappa shape index (κ2) is 6.30. The van der Waals surface area contributed by atoms with Crippen LogP contribution in [0.5, 0.6) is 5.75 Å². The molecule has 0 atom stereocenters. The average Bonchev–Trinajstić information content (AvgIpc) is 2.93. The number of methoxy groups -OCH3 is 1. The van der Waals surface area contributed by atoms with Crippen molar-refractivity contribution in [1.29, 1.82) is 0 Å². The highest BCUT2D eigenvalue weighted by Gasteiger charge is 2.22. The number of aliphatic hydroxyl groups excluding tert-OH is 1. The molecule has 1 heterocycles. The van der Waals surface area contributed by atoms with Gasteiger partial charge in [-0.15, -0.1) is 0 Å². The molecule has 0 aliphatic carbocycles. The van der Waals surface area contributed by atoms with Crippen LogP contribution in [0, 0.1) is 0 Å². The maximum atomic E-state index is 12.8. The van der Waals surface area contributed by atoms with Crippen molar-refractivity contribution in [1.82, 2.24) is 0 Å². The van der Waals surface area contributed by atoms with Crippen molar-refractivity contribution in [2.45, 2.75) is 23.7 Å². The standard InChI is InChI=1S/C18H19NO4S/c1-12-7-15-8-14(3-5-16(15)19-12)11-24(21,22)18-9-13(10-20)4-6-17(18)23-2/h3-6,8-9,19-20H,1,7,10-11H2,2H3. The number of rotatable bonds is 5. The predicted octanol–water partition coefficient (Wildman–Crippen LogP) is 2.64. The van der Waals surface area contributed by atoms with Gasteiger partial charge in [0, 0.05) is 17.8 Å². The summed E-state index contributed by atoms with van der Waals surface area (Å²) in [5, 5.41) is 12.4. The highest BCUT2D eigenvalue weighted by atomic mass is 32.2. The molecule has 0 radical (unpaired) electrons. The van der Waals surface area contributed by atoms with Crippen molar-refractivity contribution in [3.05, 3.63) is 65.4 Å². The molecule has 0 unspecified atom stereocenters. The molecule has 2 aromatic carbocycles. The highest BCUT2D eigenvalue weighted by Crippen LogP contribution is 2.31. The van der Waals surface area contributed by atoms with Crippen molar-refractivity contribution < 1.29 is 18.3 Å². The first-order valence-electron chi connectivity index (χ1n) is 7.50. The fourth-order valence-corrected chi connectivity index (χ4v) is 4.39. The molecule has 0 saturated heterocycles. The van der Waals surface area contributed by atoms with Gasteiger partial charge in [-0.05, 0) is 34.9 Å². The van der Waals surface area contributed by atoms with Gasteiger partial charge in [0.05, 0.1) is 19.5 Å². The number of nitrogens with one attached hydrogen (secondary N) is 1. The van der Waals surface area contributed by atoms with E-state index in [1.165, 1.54) is 13.2 Å². The number of ether oxygens (including phenoxy) is 1. The van der Waals surface area contributed by atoms with Gasteiger partial charge in [0.1, 0.15) is 10.6 Å². The minimum absolute atomic E-state index is 0.0968. The van der Waals surface area contributed by atoms with Crippen LogP contribution in [-0.4, -0.2) is 20.6 Å². The van der Waals surface area contributed by atoms with E-state index >= 15 is 0 Å². The third-order valence-corrected chi connectivity index (χ3v) is 5.69. The molecule has 0 amide bonds. The Kier molecular flexibility index (Phi) is 4.34. The van der Waals surface area contributed by atoms with Gasteiger partial charge in [-0.3, -0.25) is 0 Å². The van der Waals surface area contributed by atoms with E-state index in [2.05, 4.69) is 11.9 Å². The van der Waals surface area contributed by atoms with Gasteiger partial charge in [0.25, 0.3) is 0 Å². The van der Waals surface area contributed by atoms with Gasteiger partial charge < -0.3 is 15.2 Å². The summed E-state index contributed by atoms with van der Waals surface area (Å²) in [6.07, 6.45) is 0.701. The maximum absolute atomic E-state index is 12.8. The van der Waals surface area contributed by atoms with E-state index in [4.69, 9.17) is 4.74 Å². The van der Waals surface area contributed by atoms with Crippen LogP contribution >= 0.6 is 0 Å². The van der Waals surface area contributed by atoms with Gasteiger partial charge in [-0.1, -0.05) is 24.8 Å². The Morgan fingerprint density at radius 2 is 1.96 bits per heavy atom. The Hall–Kier alpha value is -2.31. The van der Waals surface area contributed by atoms with Crippen molar-refractivity contribution in [3.8, 4) is 5.75 Å². The Labute approximate surface area is 141 Å². The molecule has 126 valence electrons. The van der Waals surface area contributed by atoms with E-state index < -0.39 is 9.84 Å². The highest BCUT2D eigenvalue weighted by molar-refractivity contribution is 7.90. The zero-order chi connectivity index (χ0) is 17.3. The molecular formula is C18H19NO4S. The SMILES string of the molecule is C=C1Cc2cc(CS(=O)(=O)c3cc(CO)ccc3OC)ccc2N1. The van der Waals surface area contributed by atoms with Crippen LogP contribution < -0.4 is 10.1 Å². The Balaban J connectivity index is 1.95. The first-order valence-corrected chi connectivity index (χ1v) is 9.15. The Morgan fingerprint density at radius 3 is 2.67 bits per heavy atom. The molecule has 24 heavy (non-hydrogen) atoms. The third-order valence-electron chi connectivity index (χ3n) is 3.99. The number of hydrogen-bond acceptors (Lipinski definition) is 5. The summed E-state index contributed by atoms with van der Waals surface area (Å²) in [7, 11) is -2.17. The number of fused-ring (bicyclic) bond motifs is 1. The summed E-state index contributed by atoms with van der Waals surface area (Å²) >= 11 is 0. The van der Waals surface area contributed by atoms with E-state index in [0.717, 1.165) is 16.9 Å². The van der Waals surface area contributed by atoms with E-state index in [-0.39, 0.29) is 23.0 Å². The lowest BCUT2D eigenvalue weighted by molar-refractivity contribution is 0.281. The van der Waals surface area contributed by atoms with Crippen molar-refractivity contribution >= 4 is 15.5 Å². The monoisotopic (exact) mass is 345 g/mol. The van der Waals surface area contributed by atoms with Crippen LogP contribution in [0.4, 0.5) is 5.69 Å². The average molecular weight is 345 g/mol. The number of hydrogen-bond donors (Lipinski definition) is 2. The first-order chi connectivity index (χ1) is 11.4. The number of allylic oxidation sites excluding steroid dienone is 1. The van der Waals surface area contributed by atoms with Crippen LogP contribution in [0.3, 0.4) is 0 Å². The van der Waals surface area contributed by atoms with Gasteiger partial charge in [-0.2, -0.15) is 0 Å². The molecule has 0 saturated carbocycles. The lowest BCUT2D eigenvalue weighted by Gasteiger charge is -2.11. The fourth-order valence-electron chi connectivity index (χ4n) is 2.83. The van der Waals surface area contributed by atoms with Crippen LogP contribution in [0.1, 0.15) is 16.7 Å². The fraction of sp³-hybridized carbons (Fsp3) is 0.222. The van der Waals surface area contributed by atoms with Crippen LogP contribution in [0.2, 0.25) is 0 Å². The first kappa shape index (κ1) is 16.5. The molecule has 1 aliphatic heterocycles. The molecule has 0 spiro atoms. The molecule has 3 rings (SSSR count). The quantitative estimate of drug-likeness (QED) is 0.871. The zero-order valence-corrected chi connectivity index (χ0v) is 14.2. The van der Waals surface area contributed by atoms with Crippen molar-refractivity contribution in [2.75, 3.05) is 12.4 Å². The summed E-state index contributed by atoms with van der Waals surface area (Å²) < 4.78 is 30.8. The molecule has 6 heteroatoms. The van der Waals surface area contributed by atoms with Crippen LogP contribution in [0.15, 0.2) is 53.6 Å². The predicted molar refractivity (Wildman–Crippen MR) is 92.7 cm³/mol. The van der Waals surface area contributed by atoms with Gasteiger partial charge in [-0.25, -0.2) is 8.42 Å². The second-order valence-electron chi connectivity index (χ2n) is 5.80. The smallest absolute Gasteiger partial charge is 0.186 e. The Morgan fingerprint density at radius 1 is 1.21 bits per heavy atom. The summed E-state index contributed by atoms with van der Waals surface area (Å²) in [5.74, 6) is 0.154. The molecule has 2 N–H and O–H groups in total. The minimum atomic E-state index is -3.60. The van der Waals surface area contributed by atoms with Crippen LogP contribution in [-0.2, 0) is 28.6 Å². The number of benzene rings is 2. The summed E-state index contributed by atoms with van der Waals surface area (Å²) in [4.78, 5) is 0.0968. The lowest BCUT2D eigenvalue weighted by Crippen LogP contribution is -2.08. The molecule has 5 nitrogen and oxygen atoms in total.